The molecule has 0 aliphatic heterocycles. The maximum Gasteiger partial charge on any atom is 0.273 e. The lowest BCUT2D eigenvalue weighted by atomic mass is 10.2. The first-order valence-corrected chi connectivity index (χ1v) is 5.79. The van der Waals surface area contributed by atoms with E-state index >= 15 is 0 Å². The van der Waals surface area contributed by atoms with Crippen LogP contribution in [-0.4, -0.2) is 35.3 Å². The van der Waals surface area contributed by atoms with E-state index in [1.54, 1.807) is 18.2 Å². The van der Waals surface area contributed by atoms with E-state index < -0.39 is 0 Å². The molecule has 1 heterocycles. The molecule has 1 unspecified atom stereocenters. The van der Waals surface area contributed by atoms with Gasteiger partial charge in [0.25, 0.3) is 5.91 Å². The van der Waals surface area contributed by atoms with Crippen molar-refractivity contribution in [1.29, 1.82) is 0 Å². The smallest absolute Gasteiger partial charge is 0.273 e. The van der Waals surface area contributed by atoms with Crippen molar-refractivity contribution in [2.45, 2.75) is 19.4 Å². The summed E-state index contributed by atoms with van der Waals surface area (Å²) in [4.78, 5) is 16.0. The number of aromatic nitrogens is 1. The van der Waals surface area contributed by atoms with Gasteiger partial charge in [-0.1, -0.05) is 12.7 Å². The maximum absolute atomic E-state index is 12.0. The number of pyridine rings is 1. The molecule has 1 aromatic heterocycles. The highest BCUT2D eigenvalue weighted by atomic mass is 16.5. The van der Waals surface area contributed by atoms with E-state index in [0.29, 0.717) is 18.8 Å². The first-order chi connectivity index (χ1) is 8.69. The van der Waals surface area contributed by atoms with Gasteiger partial charge in [0.1, 0.15) is 6.61 Å². The quantitative estimate of drug-likeness (QED) is 0.712. The maximum atomic E-state index is 12.0. The minimum atomic E-state index is -0.310. The van der Waals surface area contributed by atoms with E-state index in [9.17, 15) is 4.79 Å². The Bertz CT molecular complexity index is 407. The van der Waals surface area contributed by atoms with Crippen molar-refractivity contribution in [3.8, 4) is 5.75 Å². The molecule has 1 rings (SSSR count). The number of nitrogens with one attached hydrogen (secondary N) is 1. The molecule has 18 heavy (non-hydrogen) atoms. The molecule has 0 aliphatic rings. The zero-order chi connectivity index (χ0) is 13.4. The average Bonchev–Trinajstić information content (AvgIpc) is 2.36. The fourth-order valence-corrected chi connectivity index (χ4v) is 1.38. The third kappa shape index (κ3) is 4.18. The Balaban J connectivity index is 2.74. The molecule has 1 amide bonds. The predicted molar refractivity (Wildman–Crippen MR) is 68.6 cm³/mol. The number of carbonyl (C=O) groups excluding carboxylic acids is 1. The SMILES string of the molecule is C=CCOc1cccnc1C(=O)NC(C)CCO. The first kappa shape index (κ1) is 14.2. The van der Waals surface area contributed by atoms with Crippen LogP contribution in [0.15, 0.2) is 31.0 Å². The summed E-state index contributed by atoms with van der Waals surface area (Å²) in [5.41, 5.74) is 0.240. The largest absolute Gasteiger partial charge is 0.487 e. The molecule has 98 valence electrons. The van der Waals surface area contributed by atoms with Gasteiger partial charge in [0.05, 0.1) is 0 Å². The van der Waals surface area contributed by atoms with Gasteiger partial charge >= 0.3 is 0 Å². The van der Waals surface area contributed by atoms with Crippen molar-refractivity contribution in [3.63, 3.8) is 0 Å². The highest BCUT2D eigenvalue weighted by Gasteiger charge is 2.15. The Labute approximate surface area is 107 Å². The van der Waals surface area contributed by atoms with E-state index in [4.69, 9.17) is 9.84 Å². The van der Waals surface area contributed by atoms with Crippen LogP contribution >= 0.6 is 0 Å². The summed E-state index contributed by atoms with van der Waals surface area (Å²) in [6.07, 6.45) is 3.64. The molecule has 5 heteroatoms. The molecule has 0 saturated heterocycles. The van der Waals surface area contributed by atoms with Crippen LogP contribution in [0.1, 0.15) is 23.8 Å². The molecular formula is C13H18N2O3. The summed E-state index contributed by atoms with van der Waals surface area (Å²) in [6, 6.07) is 3.27. The average molecular weight is 250 g/mol. The van der Waals surface area contributed by atoms with Crippen LogP contribution in [-0.2, 0) is 0 Å². The number of nitrogens with zero attached hydrogens (tertiary/aromatic N) is 1. The summed E-state index contributed by atoms with van der Waals surface area (Å²) in [5, 5.41) is 11.5. The van der Waals surface area contributed by atoms with Crippen molar-refractivity contribution in [3.05, 3.63) is 36.7 Å². The van der Waals surface area contributed by atoms with Crippen LogP contribution in [0.2, 0.25) is 0 Å². The summed E-state index contributed by atoms with van der Waals surface area (Å²) in [7, 11) is 0. The van der Waals surface area contributed by atoms with Crippen LogP contribution in [0, 0.1) is 0 Å². The van der Waals surface area contributed by atoms with Gasteiger partial charge in [0.15, 0.2) is 11.4 Å². The van der Waals surface area contributed by atoms with Gasteiger partial charge in [-0.2, -0.15) is 0 Å². The van der Waals surface area contributed by atoms with E-state index in [1.165, 1.54) is 6.20 Å². The highest BCUT2D eigenvalue weighted by molar-refractivity contribution is 5.95. The fourth-order valence-electron chi connectivity index (χ4n) is 1.38. The van der Waals surface area contributed by atoms with Crippen LogP contribution in [0.5, 0.6) is 5.75 Å². The molecule has 0 radical (unpaired) electrons. The third-order valence-corrected chi connectivity index (χ3v) is 2.28. The zero-order valence-corrected chi connectivity index (χ0v) is 10.4. The van der Waals surface area contributed by atoms with Gasteiger partial charge in [0.2, 0.25) is 0 Å². The lowest BCUT2D eigenvalue weighted by Crippen LogP contribution is -2.34. The minimum absolute atomic E-state index is 0.0312. The third-order valence-electron chi connectivity index (χ3n) is 2.28. The molecule has 5 nitrogen and oxygen atoms in total. The normalized spacial score (nSPS) is 11.7. The molecule has 0 spiro atoms. The van der Waals surface area contributed by atoms with Crippen molar-refractivity contribution < 1.29 is 14.6 Å². The Morgan fingerprint density at radius 2 is 2.50 bits per heavy atom. The number of hydrogen-bond donors (Lipinski definition) is 2. The number of aliphatic hydroxyl groups is 1. The monoisotopic (exact) mass is 250 g/mol. The molecule has 2 N–H and O–H groups in total. The molecule has 0 fully saturated rings. The lowest BCUT2D eigenvalue weighted by Gasteiger charge is -2.13. The molecule has 0 aliphatic carbocycles. The molecule has 0 aromatic carbocycles. The number of amides is 1. The molecular weight excluding hydrogens is 232 g/mol. The molecule has 0 saturated carbocycles. The van der Waals surface area contributed by atoms with Crippen molar-refractivity contribution in [2.24, 2.45) is 0 Å². The second-order valence-corrected chi connectivity index (χ2v) is 3.84. The number of carbonyl (C=O) groups is 1. The summed E-state index contributed by atoms with van der Waals surface area (Å²) in [5.74, 6) is 0.113. The Kier molecular flexibility index (Phi) is 5.87. The number of hydrogen-bond acceptors (Lipinski definition) is 4. The van der Waals surface area contributed by atoms with Crippen molar-refractivity contribution >= 4 is 5.91 Å². The van der Waals surface area contributed by atoms with Crippen LogP contribution < -0.4 is 10.1 Å². The van der Waals surface area contributed by atoms with Crippen LogP contribution in [0.25, 0.3) is 0 Å². The topological polar surface area (TPSA) is 71.5 Å². The van der Waals surface area contributed by atoms with E-state index in [-0.39, 0.29) is 24.2 Å². The molecule has 1 atom stereocenters. The lowest BCUT2D eigenvalue weighted by molar-refractivity contribution is 0.0925. The Hall–Kier alpha value is -1.88. The predicted octanol–water partition coefficient (Wildman–Crippen LogP) is 1.15. The molecule has 0 bridgehead atoms. The Morgan fingerprint density at radius 1 is 1.72 bits per heavy atom. The molecule has 1 aromatic rings. The second kappa shape index (κ2) is 7.45. The van der Waals surface area contributed by atoms with E-state index in [2.05, 4.69) is 16.9 Å². The second-order valence-electron chi connectivity index (χ2n) is 3.84. The number of ether oxygens (including phenoxy) is 1. The summed E-state index contributed by atoms with van der Waals surface area (Å²) in [6.45, 7) is 5.72. The summed E-state index contributed by atoms with van der Waals surface area (Å²) >= 11 is 0. The standard InChI is InChI=1S/C13H18N2O3/c1-3-9-18-11-5-4-7-14-12(11)13(17)15-10(2)6-8-16/h3-5,7,10,16H,1,6,8-9H2,2H3,(H,15,17). The van der Waals surface area contributed by atoms with Crippen molar-refractivity contribution in [2.75, 3.05) is 13.2 Å². The van der Waals surface area contributed by atoms with Crippen molar-refractivity contribution in [1.82, 2.24) is 10.3 Å². The first-order valence-electron chi connectivity index (χ1n) is 5.79. The minimum Gasteiger partial charge on any atom is -0.487 e. The summed E-state index contributed by atoms with van der Waals surface area (Å²) < 4.78 is 5.36. The van der Waals surface area contributed by atoms with Gasteiger partial charge in [-0.25, -0.2) is 4.98 Å². The van der Waals surface area contributed by atoms with Gasteiger partial charge < -0.3 is 15.2 Å². The number of aliphatic hydroxyl groups excluding tert-OH is 1. The van der Waals surface area contributed by atoms with E-state index in [1.807, 2.05) is 6.92 Å². The van der Waals surface area contributed by atoms with Gasteiger partial charge in [-0.15, -0.1) is 0 Å². The van der Waals surface area contributed by atoms with E-state index in [0.717, 1.165) is 0 Å². The van der Waals surface area contributed by atoms with Gasteiger partial charge in [0, 0.05) is 18.8 Å². The van der Waals surface area contributed by atoms with Gasteiger partial charge in [-0.05, 0) is 25.5 Å². The van der Waals surface area contributed by atoms with Crippen LogP contribution in [0.4, 0.5) is 0 Å². The highest BCUT2D eigenvalue weighted by Crippen LogP contribution is 2.15. The van der Waals surface area contributed by atoms with Crippen LogP contribution in [0.3, 0.4) is 0 Å². The fraction of sp³-hybridized carbons (Fsp3) is 0.385. The van der Waals surface area contributed by atoms with Gasteiger partial charge in [-0.3, -0.25) is 4.79 Å². The Morgan fingerprint density at radius 3 is 3.17 bits per heavy atom. The number of rotatable bonds is 7. The zero-order valence-electron chi connectivity index (χ0n) is 10.4.